The molecule has 3 heterocycles. The predicted octanol–water partition coefficient (Wildman–Crippen LogP) is 12.5. The van der Waals surface area contributed by atoms with Crippen molar-refractivity contribution in [3.63, 3.8) is 0 Å². The van der Waals surface area contributed by atoms with Crippen molar-refractivity contribution < 1.29 is 4.42 Å². The highest BCUT2D eigenvalue weighted by atomic mass is 32.1. The zero-order valence-electron chi connectivity index (χ0n) is 26.7. The molecule has 0 aliphatic rings. The van der Waals surface area contributed by atoms with Gasteiger partial charge in [-0.3, -0.25) is 0 Å². The van der Waals surface area contributed by atoms with Crippen LogP contribution >= 0.6 is 11.3 Å². The lowest BCUT2D eigenvalue weighted by Gasteiger charge is -2.09. The molecule has 50 heavy (non-hydrogen) atoms. The Morgan fingerprint density at radius 2 is 0.880 bits per heavy atom. The maximum atomic E-state index is 6.59. The van der Waals surface area contributed by atoms with E-state index in [0.29, 0.717) is 17.5 Å². The van der Waals surface area contributed by atoms with Crippen LogP contribution in [0.1, 0.15) is 0 Å². The molecular formula is C45H27N3OS. The highest BCUT2D eigenvalue weighted by Crippen LogP contribution is 2.43. The molecule has 0 radical (unpaired) electrons. The Bertz CT molecular complexity index is 2800. The molecule has 0 bridgehead atoms. The van der Waals surface area contributed by atoms with E-state index in [2.05, 4.69) is 97.1 Å². The normalized spacial score (nSPS) is 11.6. The smallest absolute Gasteiger partial charge is 0.164 e. The first kappa shape index (κ1) is 28.6. The van der Waals surface area contributed by atoms with Crippen LogP contribution < -0.4 is 0 Å². The monoisotopic (exact) mass is 657 g/mol. The molecule has 0 unspecified atom stereocenters. The molecule has 5 heteroatoms. The fourth-order valence-corrected chi connectivity index (χ4v) is 8.07. The van der Waals surface area contributed by atoms with Crippen LogP contribution in [0.15, 0.2) is 168 Å². The number of thiophene rings is 1. The first-order valence-electron chi connectivity index (χ1n) is 16.6. The summed E-state index contributed by atoms with van der Waals surface area (Å²) in [6.45, 7) is 0. The van der Waals surface area contributed by atoms with Crippen molar-refractivity contribution >= 4 is 53.4 Å². The van der Waals surface area contributed by atoms with E-state index in [1.807, 2.05) is 78.1 Å². The number of aromatic nitrogens is 3. The second-order valence-electron chi connectivity index (χ2n) is 12.4. The number of hydrogen-bond donors (Lipinski definition) is 0. The van der Waals surface area contributed by atoms with Gasteiger partial charge in [-0.25, -0.2) is 15.0 Å². The molecule has 3 aromatic heterocycles. The Kier molecular flexibility index (Phi) is 6.64. The van der Waals surface area contributed by atoms with E-state index in [1.165, 1.54) is 31.3 Å². The van der Waals surface area contributed by atoms with E-state index in [-0.39, 0.29) is 0 Å². The molecule has 0 amide bonds. The Balaban J connectivity index is 1.10. The van der Waals surface area contributed by atoms with Crippen LogP contribution in [-0.2, 0) is 0 Å². The number of benzene rings is 7. The fourth-order valence-electron chi connectivity index (χ4n) is 6.90. The second-order valence-corrected chi connectivity index (χ2v) is 13.5. The molecule has 0 N–H and O–H groups in total. The summed E-state index contributed by atoms with van der Waals surface area (Å²) < 4.78 is 9.16. The molecule has 7 aromatic carbocycles. The van der Waals surface area contributed by atoms with Gasteiger partial charge in [-0.1, -0.05) is 121 Å². The fraction of sp³-hybridized carbons (Fsp3) is 0. The van der Waals surface area contributed by atoms with Crippen molar-refractivity contribution in [1.29, 1.82) is 0 Å². The van der Waals surface area contributed by atoms with Gasteiger partial charge in [0.25, 0.3) is 0 Å². The predicted molar refractivity (Wildman–Crippen MR) is 207 cm³/mol. The maximum absolute atomic E-state index is 6.59. The molecule has 0 saturated carbocycles. The van der Waals surface area contributed by atoms with Gasteiger partial charge in [0.15, 0.2) is 17.5 Å². The molecule has 4 nitrogen and oxygen atoms in total. The zero-order valence-corrected chi connectivity index (χ0v) is 27.6. The van der Waals surface area contributed by atoms with Gasteiger partial charge in [-0.05, 0) is 64.7 Å². The first-order valence-corrected chi connectivity index (χ1v) is 17.4. The van der Waals surface area contributed by atoms with Gasteiger partial charge in [-0.2, -0.15) is 0 Å². The lowest BCUT2D eigenvalue weighted by atomic mass is 9.94. The highest BCUT2D eigenvalue weighted by Gasteiger charge is 2.17. The molecule has 10 aromatic rings. The van der Waals surface area contributed by atoms with Crippen molar-refractivity contribution in [2.24, 2.45) is 0 Å². The van der Waals surface area contributed by atoms with Crippen LogP contribution in [0.2, 0.25) is 0 Å². The third-order valence-corrected chi connectivity index (χ3v) is 10.4. The van der Waals surface area contributed by atoms with Gasteiger partial charge in [0.1, 0.15) is 11.2 Å². The molecule has 0 saturated heterocycles. The van der Waals surface area contributed by atoms with E-state index in [4.69, 9.17) is 19.4 Å². The second kappa shape index (κ2) is 11.6. The van der Waals surface area contributed by atoms with Crippen LogP contribution in [-0.4, -0.2) is 15.0 Å². The number of furan rings is 1. The quantitative estimate of drug-likeness (QED) is 0.185. The maximum Gasteiger partial charge on any atom is 0.164 e. The van der Waals surface area contributed by atoms with Gasteiger partial charge in [0.2, 0.25) is 0 Å². The average Bonchev–Trinajstić information content (AvgIpc) is 3.76. The van der Waals surface area contributed by atoms with Crippen molar-refractivity contribution in [3.05, 3.63) is 164 Å². The minimum atomic E-state index is 0.603. The molecular weight excluding hydrogens is 631 g/mol. The molecule has 0 spiro atoms. The molecule has 0 aliphatic heterocycles. The van der Waals surface area contributed by atoms with Crippen LogP contribution in [0.4, 0.5) is 0 Å². The van der Waals surface area contributed by atoms with Gasteiger partial charge < -0.3 is 4.42 Å². The Hall–Kier alpha value is -6.43. The van der Waals surface area contributed by atoms with E-state index >= 15 is 0 Å². The Labute approximate surface area is 292 Å². The number of rotatable bonds is 5. The molecule has 0 atom stereocenters. The molecule has 10 rings (SSSR count). The molecule has 234 valence electrons. The zero-order chi connectivity index (χ0) is 33.0. The lowest BCUT2D eigenvalue weighted by molar-refractivity contribution is 0.669. The summed E-state index contributed by atoms with van der Waals surface area (Å²) in [6.07, 6.45) is 0. The summed E-state index contributed by atoms with van der Waals surface area (Å²) in [7, 11) is 0. The first-order chi connectivity index (χ1) is 24.7. The molecule has 0 aliphatic carbocycles. The van der Waals surface area contributed by atoms with E-state index < -0.39 is 0 Å². The SMILES string of the molecule is c1ccc(-c2nc(-c3ccccc3)nc(-c3ccc4c(c3)oc3cc(-c5cc(-c6ccccc6)c6c(c5)sc5ccccc56)ccc34)n2)cc1. The Morgan fingerprint density at radius 3 is 1.52 bits per heavy atom. The molecule has 0 fully saturated rings. The van der Waals surface area contributed by atoms with E-state index in [1.54, 1.807) is 0 Å². The van der Waals surface area contributed by atoms with Crippen LogP contribution in [0, 0.1) is 0 Å². The van der Waals surface area contributed by atoms with Gasteiger partial charge in [0, 0.05) is 47.6 Å². The summed E-state index contributed by atoms with van der Waals surface area (Å²) in [5.41, 5.74) is 9.13. The van der Waals surface area contributed by atoms with E-state index in [9.17, 15) is 0 Å². The summed E-state index contributed by atoms with van der Waals surface area (Å²) >= 11 is 1.85. The van der Waals surface area contributed by atoms with Crippen molar-refractivity contribution in [2.45, 2.75) is 0 Å². The summed E-state index contributed by atoms with van der Waals surface area (Å²) in [5.74, 6) is 1.87. The standard InChI is InChI=1S/C45H27N3OS/c1-4-12-28(13-5-1)37-24-33(27-41-42(37)36-18-10-11-19-40(36)50-41)31-20-22-34-35-23-21-32(26-39(35)49-38(34)25-31)45-47-43(29-14-6-2-7-15-29)46-44(48-45)30-16-8-3-9-17-30/h1-27H. The number of nitrogens with zero attached hydrogens (tertiary/aromatic N) is 3. The van der Waals surface area contributed by atoms with Crippen molar-refractivity contribution in [1.82, 2.24) is 15.0 Å². The van der Waals surface area contributed by atoms with E-state index in [0.717, 1.165) is 49.8 Å². The summed E-state index contributed by atoms with van der Waals surface area (Å²) in [4.78, 5) is 14.7. The van der Waals surface area contributed by atoms with Crippen LogP contribution in [0.25, 0.3) is 98.5 Å². The highest BCUT2D eigenvalue weighted by molar-refractivity contribution is 7.26. The Morgan fingerprint density at radius 1 is 0.360 bits per heavy atom. The van der Waals surface area contributed by atoms with Gasteiger partial charge in [0.05, 0.1) is 0 Å². The van der Waals surface area contributed by atoms with Crippen molar-refractivity contribution in [3.8, 4) is 56.4 Å². The largest absolute Gasteiger partial charge is 0.456 e. The van der Waals surface area contributed by atoms with Crippen LogP contribution in [0.5, 0.6) is 0 Å². The minimum absolute atomic E-state index is 0.603. The third kappa shape index (κ3) is 4.87. The topological polar surface area (TPSA) is 51.8 Å². The number of hydrogen-bond acceptors (Lipinski definition) is 5. The summed E-state index contributed by atoms with van der Waals surface area (Å²) in [6, 6.07) is 56.9. The van der Waals surface area contributed by atoms with Crippen molar-refractivity contribution in [2.75, 3.05) is 0 Å². The average molecular weight is 658 g/mol. The minimum Gasteiger partial charge on any atom is -0.456 e. The third-order valence-electron chi connectivity index (χ3n) is 9.33. The van der Waals surface area contributed by atoms with Gasteiger partial charge >= 0.3 is 0 Å². The van der Waals surface area contributed by atoms with Gasteiger partial charge in [-0.15, -0.1) is 11.3 Å². The van der Waals surface area contributed by atoms with Crippen LogP contribution in [0.3, 0.4) is 0 Å². The summed E-state index contributed by atoms with van der Waals surface area (Å²) in [5, 5.41) is 4.74. The lowest BCUT2D eigenvalue weighted by Crippen LogP contribution is -2.00. The number of fused-ring (bicyclic) bond motifs is 6.